The summed E-state index contributed by atoms with van der Waals surface area (Å²) in [5, 5.41) is 18.0. The number of carbonyl (C=O) groups is 1. The molecule has 0 aliphatic heterocycles. The lowest BCUT2D eigenvalue weighted by Gasteiger charge is -2.27. The number of carboxylic acid groups (broad SMARTS) is 1. The van der Waals surface area contributed by atoms with Gasteiger partial charge in [0.1, 0.15) is 0 Å². The molecule has 0 spiro atoms. The lowest BCUT2D eigenvalue weighted by Crippen LogP contribution is -2.26. The summed E-state index contributed by atoms with van der Waals surface area (Å²) in [7, 11) is 0. The highest BCUT2D eigenvalue weighted by Crippen LogP contribution is 2.30. The Balaban J connectivity index is 2.34. The highest BCUT2D eigenvalue weighted by atomic mass is 16.4. The van der Waals surface area contributed by atoms with E-state index in [1.165, 1.54) is 0 Å². The number of aliphatic hydroxyl groups excluding tert-OH is 1. The summed E-state index contributed by atoms with van der Waals surface area (Å²) >= 11 is 0. The standard InChI is InChI=1S/C9H16O3/c1-6(10)7-2-4-8(5-3-7)9(11)12/h6-8,10H,2-5H2,1H3,(H,11,12)/t6-,7?,8?/m1/s1. The largest absolute Gasteiger partial charge is 0.481 e. The zero-order chi connectivity index (χ0) is 9.14. The highest BCUT2D eigenvalue weighted by molar-refractivity contribution is 5.69. The van der Waals surface area contributed by atoms with Crippen LogP contribution in [0.5, 0.6) is 0 Å². The first-order chi connectivity index (χ1) is 5.61. The van der Waals surface area contributed by atoms with Gasteiger partial charge in [0.25, 0.3) is 0 Å². The van der Waals surface area contributed by atoms with E-state index in [1.807, 2.05) is 0 Å². The van der Waals surface area contributed by atoms with Gasteiger partial charge in [0.2, 0.25) is 0 Å². The molecule has 0 unspecified atom stereocenters. The molecule has 0 aromatic carbocycles. The monoisotopic (exact) mass is 172 g/mol. The van der Waals surface area contributed by atoms with E-state index in [1.54, 1.807) is 6.92 Å². The Labute approximate surface area is 72.4 Å². The second kappa shape index (κ2) is 3.90. The third kappa shape index (κ3) is 2.21. The molecule has 3 nitrogen and oxygen atoms in total. The molecule has 3 heteroatoms. The van der Waals surface area contributed by atoms with E-state index in [-0.39, 0.29) is 12.0 Å². The number of hydrogen-bond donors (Lipinski definition) is 2. The maximum atomic E-state index is 10.6. The van der Waals surface area contributed by atoms with Crippen molar-refractivity contribution in [1.29, 1.82) is 0 Å². The normalized spacial score (nSPS) is 32.8. The lowest BCUT2D eigenvalue weighted by atomic mass is 9.80. The van der Waals surface area contributed by atoms with Crippen LogP contribution in [-0.2, 0) is 4.79 Å². The smallest absolute Gasteiger partial charge is 0.306 e. The van der Waals surface area contributed by atoms with Gasteiger partial charge in [-0.1, -0.05) is 0 Å². The van der Waals surface area contributed by atoms with Crippen LogP contribution >= 0.6 is 0 Å². The topological polar surface area (TPSA) is 57.5 Å². The Kier molecular flexibility index (Phi) is 3.09. The van der Waals surface area contributed by atoms with E-state index in [2.05, 4.69) is 0 Å². The van der Waals surface area contributed by atoms with Crippen molar-refractivity contribution in [2.24, 2.45) is 11.8 Å². The molecular formula is C9H16O3. The Morgan fingerprint density at radius 2 is 1.83 bits per heavy atom. The van der Waals surface area contributed by atoms with E-state index < -0.39 is 5.97 Å². The van der Waals surface area contributed by atoms with Gasteiger partial charge < -0.3 is 10.2 Å². The number of aliphatic hydroxyl groups is 1. The van der Waals surface area contributed by atoms with E-state index in [0.29, 0.717) is 5.92 Å². The molecule has 0 amide bonds. The van der Waals surface area contributed by atoms with Gasteiger partial charge >= 0.3 is 5.97 Å². The molecule has 1 aliphatic carbocycles. The average molecular weight is 172 g/mol. The van der Waals surface area contributed by atoms with Crippen LogP contribution in [0.15, 0.2) is 0 Å². The van der Waals surface area contributed by atoms with Gasteiger partial charge in [0, 0.05) is 0 Å². The van der Waals surface area contributed by atoms with Gasteiger partial charge in [0.05, 0.1) is 12.0 Å². The van der Waals surface area contributed by atoms with Crippen molar-refractivity contribution < 1.29 is 15.0 Å². The molecular weight excluding hydrogens is 156 g/mol. The second-order valence-electron chi connectivity index (χ2n) is 3.69. The van der Waals surface area contributed by atoms with E-state index in [0.717, 1.165) is 25.7 Å². The minimum absolute atomic E-state index is 0.167. The third-order valence-electron chi connectivity index (χ3n) is 2.80. The van der Waals surface area contributed by atoms with E-state index >= 15 is 0 Å². The van der Waals surface area contributed by atoms with Crippen molar-refractivity contribution in [2.45, 2.75) is 38.7 Å². The number of rotatable bonds is 2. The Morgan fingerprint density at radius 1 is 1.33 bits per heavy atom. The van der Waals surface area contributed by atoms with Crippen molar-refractivity contribution >= 4 is 5.97 Å². The first-order valence-electron chi connectivity index (χ1n) is 4.52. The molecule has 0 aromatic rings. The molecule has 0 radical (unpaired) electrons. The predicted molar refractivity (Wildman–Crippen MR) is 44.8 cm³/mol. The van der Waals surface area contributed by atoms with Gasteiger partial charge in [-0.2, -0.15) is 0 Å². The molecule has 12 heavy (non-hydrogen) atoms. The molecule has 0 aromatic heterocycles. The van der Waals surface area contributed by atoms with E-state index in [4.69, 9.17) is 5.11 Å². The molecule has 1 aliphatic rings. The maximum Gasteiger partial charge on any atom is 0.306 e. The Bertz CT molecular complexity index is 157. The molecule has 1 fully saturated rings. The Morgan fingerprint density at radius 3 is 2.17 bits per heavy atom. The number of hydrogen-bond acceptors (Lipinski definition) is 2. The average Bonchev–Trinajstić information content (AvgIpc) is 2.04. The van der Waals surface area contributed by atoms with Crippen LogP contribution in [-0.4, -0.2) is 22.3 Å². The molecule has 70 valence electrons. The van der Waals surface area contributed by atoms with Gasteiger partial charge in [-0.25, -0.2) is 0 Å². The van der Waals surface area contributed by atoms with Crippen LogP contribution in [0.3, 0.4) is 0 Å². The molecule has 1 atom stereocenters. The summed E-state index contributed by atoms with van der Waals surface area (Å²) in [5.74, 6) is -0.528. The Hall–Kier alpha value is -0.570. The van der Waals surface area contributed by atoms with Crippen LogP contribution in [0.25, 0.3) is 0 Å². The van der Waals surface area contributed by atoms with Crippen LogP contribution < -0.4 is 0 Å². The van der Waals surface area contributed by atoms with Crippen LogP contribution in [0.1, 0.15) is 32.6 Å². The first kappa shape index (κ1) is 9.52. The van der Waals surface area contributed by atoms with Crippen molar-refractivity contribution in [3.63, 3.8) is 0 Å². The van der Waals surface area contributed by atoms with Crippen molar-refractivity contribution in [3.8, 4) is 0 Å². The fourth-order valence-corrected chi connectivity index (χ4v) is 1.85. The number of carboxylic acids is 1. The summed E-state index contributed by atoms with van der Waals surface area (Å²) in [6, 6.07) is 0. The van der Waals surface area contributed by atoms with Gasteiger partial charge in [-0.15, -0.1) is 0 Å². The summed E-state index contributed by atoms with van der Waals surface area (Å²) in [4.78, 5) is 10.6. The third-order valence-corrected chi connectivity index (χ3v) is 2.80. The zero-order valence-corrected chi connectivity index (χ0v) is 7.36. The highest BCUT2D eigenvalue weighted by Gasteiger charge is 2.27. The van der Waals surface area contributed by atoms with Crippen LogP contribution in [0.2, 0.25) is 0 Å². The molecule has 1 saturated carbocycles. The number of aliphatic carboxylic acids is 1. The van der Waals surface area contributed by atoms with Gasteiger partial charge in [-0.3, -0.25) is 4.79 Å². The molecule has 1 rings (SSSR count). The summed E-state index contributed by atoms with van der Waals surface area (Å²) in [5.41, 5.74) is 0. The second-order valence-corrected chi connectivity index (χ2v) is 3.69. The molecule has 0 saturated heterocycles. The fraction of sp³-hybridized carbons (Fsp3) is 0.889. The molecule has 2 N–H and O–H groups in total. The summed E-state index contributed by atoms with van der Waals surface area (Å²) < 4.78 is 0. The first-order valence-corrected chi connectivity index (χ1v) is 4.52. The van der Waals surface area contributed by atoms with E-state index in [9.17, 15) is 9.90 Å². The van der Waals surface area contributed by atoms with Crippen molar-refractivity contribution in [3.05, 3.63) is 0 Å². The SMILES string of the molecule is C[C@@H](O)C1CCC(C(=O)O)CC1. The maximum absolute atomic E-state index is 10.6. The quantitative estimate of drug-likeness (QED) is 0.659. The van der Waals surface area contributed by atoms with Crippen molar-refractivity contribution in [1.82, 2.24) is 0 Å². The molecule has 0 bridgehead atoms. The zero-order valence-electron chi connectivity index (χ0n) is 7.36. The van der Waals surface area contributed by atoms with Gasteiger partial charge in [0.15, 0.2) is 0 Å². The fourth-order valence-electron chi connectivity index (χ4n) is 1.85. The minimum atomic E-state index is -0.681. The summed E-state index contributed by atoms with van der Waals surface area (Å²) in [6.45, 7) is 1.78. The minimum Gasteiger partial charge on any atom is -0.481 e. The predicted octanol–water partition coefficient (Wildman–Crippen LogP) is 1.26. The lowest BCUT2D eigenvalue weighted by molar-refractivity contribution is -0.143. The van der Waals surface area contributed by atoms with Gasteiger partial charge in [-0.05, 0) is 38.5 Å². The van der Waals surface area contributed by atoms with Crippen LogP contribution in [0, 0.1) is 11.8 Å². The summed E-state index contributed by atoms with van der Waals surface area (Å²) in [6.07, 6.45) is 2.89. The molecule has 0 heterocycles. The van der Waals surface area contributed by atoms with Crippen LogP contribution in [0.4, 0.5) is 0 Å². The van der Waals surface area contributed by atoms with Crippen molar-refractivity contribution in [2.75, 3.05) is 0 Å².